The molecule has 0 saturated heterocycles. The number of urea groups is 1. The van der Waals surface area contributed by atoms with E-state index in [0.29, 0.717) is 17.2 Å². The Kier molecular flexibility index (Phi) is 5.26. The lowest BCUT2D eigenvalue weighted by Gasteiger charge is -2.11. The number of methoxy groups -OCH3 is 2. The first-order valence-electron chi connectivity index (χ1n) is 5.51. The van der Waals surface area contributed by atoms with Crippen LogP contribution in [0.25, 0.3) is 0 Å². The van der Waals surface area contributed by atoms with Crippen molar-refractivity contribution < 1.29 is 19.4 Å². The SMILES string of the molecule is COc1ccc(NC(=O)NCC(C)O)cc1OC. The van der Waals surface area contributed by atoms with Crippen LogP contribution in [0.3, 0.4) is 0 Å². The summed E-state index contributed by atoms with van der Waals surface area (Å²) in [7, 11) is 3.06. The number of carbonyl (C=O) groups is 1. The molecule has 1 aromatic rings. The Morgan fingerprint density at radius 3 is 2.56 bits per heavy atom. The van der Waals surface area contributed by atoms with E-state index < -0.39 is 6.10 Å². The van der Waals surface area contributed by atoms with Crippen molar-refractivity contribution in [2.24, 2.45) is 0 Å². The average molecular weight is 254 g/mol. The Morgan fingerprint density at radius 2 is 2.00 bits per heavy atom. The van der Waals surface area contributed by atoms with Crippen LogP contribution in [0.15, 0.2) is 18.2 Å². The molecule has 0 aliphatic heterocycles. The molecule has 1 unspecified atom stereocenters. The molecule has 1 atom stereocenters. The van der Waals surface area contributed by atoms with Crippen LogP contribution in [0.4, 0.5) is 10.5 Å². The summed E-state index contributed by atoms with van der Waals surface area (Å²) in [5, 5.41) is 14.2. The van der Waals surface area contributed by atoms with Crippen molar-refractivity contribution in [1.82, 2.24) is 5.32 Å². The van der Waals surface area contributed by atoms with Gasteiger partial charge in [-0.2, -0.15) is 0 Å². The second kappa shape index (κ2) is 6.70. The average Bonchev–Trinajstić information content (AvgIpc) is 2.36. The van der Waals surface area contributed by atoms with Gasteiger partial charge in [-0.1, -0.05) is 0 Å². The lowest BCUT2D eigenvalue weighted by Crippen LogP contribution is -2.34. The number of aliphatic hydroxyl groups is 1. The molecule has 0 aliphatic carbocycles. The number of rotatable bonds is 5. The summed E-state index contributed by atoms with van der Waals surface area (Å²) >= 11 is 0. The van der Waals surface area contributed by atoms with Crippen LogP contribution >= 0.6 is 0 Å². The van der Waals surface area contributed by atoms with E-state index in [2.05, 4.69) is 10.6 Å². The van der Waals surface area contributed by atoms with Gasteiger partial charge in [0.1, 0.15) is 0 Å². The smallest absolute Gasteiger partial charge is 0.319 e. The molecule has 0 fully saturated rings. The van der Waals surface area contributed by atoms with Crippen LogP contribution in [0.1, 0.15) is 6.92 Å². The Bertz CT molecular complexity index is 407. The monoisotopic (exact) mass is 254 g/mol. The van der Waals surface area contributed by atoms with Gasteiger partial charge in [-0.05, 0) is 19.1 Å². The fraction of sp³-hybridized carbons (Fsp3) is 0.417. The molecule has 6 nitrogen and oxygen atoms in total. The fourth-order valence-electron chi connectivity index (χ4n) is 1.33. The third-order valence-corrected chi connectivity index (χ3v) is 2.20. The molecule has 0 bridgehead atoms. The standard InChI is InChI=1S/C12H18N2O4/c1-8(15)7-13-12(16)14-9-4-5-10(17-2)11(6-9)18-3/h4-6,8,15H,7H2,1-3H3,(H2,13,14,16). The highest BCUT2D eigenvalue weighted by Gasteiger charge is 2.07. The van der Waals surface area contributed by atoms with Gasteiger partial charge in [-0.3, -0.25) is 0 Å². The first kappa shape index (κ1) is 14.1. The van der Waals surface area contributed by atoms with Gasteiger partial charge in [-0.15, -0.1) is 0 Å². The van der Waals surface area contributed by atoms with Crippen molar-refractivity contribution in [3.63, 3.8) is 0 Å². The number of carbonyl (C=O) groups excluding carboxylic acids is 1. The second-order valence-corrected chi connectivity index (χ2v) is 3.75. The predicted molar refractivity (Wildman–Crippen MR) is 68.2 cm³/mol. The number of aliphatic hydroxyl groups excluding tert-OH is 1. The summed E-state index contributed by atoms with van der Waals surface area (Å²) in [5.41, 5.74) is 0.579. The summed E-state index contributed by atoms with van der Waals surface area (Å²) in [5.74, 6) is 1.12. The summed E-state index contributed by atoms with van der Waals surface area (Å²) in [6, 6.07) is 4.66. The highest BCUT2D eigenvalue weighted by Crippen LogP contribution is 2.29. The zero-order chi connectivity index (χ0) is 13.5. The number of hydrogen-bond acceptors (Lipinski definition) is 4. The van der Waals surface area contributed by atoms with Crippen molar-refractivity contribution in [2.45, 2.75) is 13.0 Å². The van der Waals surface area contributed by atoms with Gasteiger partial charge < -0.3 is 25.2 Å². The van der Waals surface area contributed by atoms with Gasteiger partial charge in [0.15, 0.2) is 11.5 Å². The zero-order valence-electron chi connectivity index (χ0n) is 10.7. The normalized spacial score (nSPS) is 11.6. The molecule has 18 heavy (non-hydrogen) atoms. The van der Waals surface area contributed by atoms with Gasteiger partial charge in [0.25, 0.3) is 0 Å². The first-order chi connectivity index (χ1) is 8.56. The third-order valence-electron chi connectivity index (χ3n) is 2.20. The van der Waals surface area contributed by atoms with Crippen LogP contribution in [0.5, 0.6) is 11.5 Å². The number of ether oxygens (including phenoxy) is 2. The predicted octanol–water partition coefficient (Wildman–Crippen LogP) is 1.21. The topological polar surface area (TPSA) is 79.8 Å². The molecule has 6 heteroatoms. The number of nitrogens with one attached hydrogen (secondary N) is 2. The molecule has 0 aliphatic rings. The minimum Gasteiger partial charge on any atom is -0.493 e. The van der Waals surface area contributed by atoms with Crippen molar-refractivity contribution in [1.29, 1.82) is 0 Å². The summed E-state index contributed by atoms with van der Waals surface area (Å²) < 4.78 is 10.2. The number of hydrogen-bond donors (Lipinski definition) is 3. The minimum absolute atomic E-state index is 0.194. The van der Waals surface area contributed by atoms with Crippen molar-refractivity contribution >= 4 is 11.7 Å². The van der Waals surface area contributed by atoms with Gasteiger partial charge in [0.05, 0.1) is 20.3 Å². The Hall–Kier alpha value is -1.95. The molecule has 0 spiro atoms. The van der Waals surface area contributed by atoms with E-state index in [4.69, 9.17) is 14.6 Å². The molecular weight excluding hydrogens is 236 g/mol. The maximum Gasteiger partial charge on any atom is 0.319 e. The van der Waals surface area contributed by atoms with E-state index in [1.807, 2.05) is 0 Å². The highest BCUT2D eigenvalue weighted by atomic mass is 16.5. The second-order valence-electron chi connectivity index (χ2n) is 3.75. The van der Waals surface area contributed by atoms with Gasteiger partial charge >= 0.3 is 6.03 Å². The van der Waals surface area contributed by atoms with E-state index in [1.165, 1.54) is 7.11 Å². The largest absolute Gasteiger partial charge is 0.493 e. The van der Waals surface area contributed by atoms with Crippen LogP contribution in [-0.2, 0) is 0 Å². The maximum atomic E-state index is 11.5. The summed E-state index contributed by atoms with van der Waals surface area (Å²) in [6.07, 6.45) is -0.582. The van der Waals surface area contributed by atoms with Crippen molar-refractivity contribution in [2.75, 3.05) is 26.1 Å². The van der Waals surface area contributed by atoms with Crippen LogP contribution in [-0.4, -0.2) is 38.0 Å². The molecule has 0 aromatic heterocycles. The van der Waals surface area contributed by atoms with Gasteiger partial charge in [-0.25, -0.2) is 4.79 Å². The van der Waals surface area contributed by atoms with Crippen molar-refractivity contribution in [3.8, 4) is 11.5 Å². The first-order valence-corrected chi connectivity index (χ1v) is 5.51. The van der Waals surface area contributed by atoms with Crippen molar-refractivity contribution in [3.05, 3.63) is 18.2 Å². The lowest BCUT2D eigenvalue weighted by atomic mass is 10.3. The zero-order valence-corrected chi connectivity index (χ0v) is 10.7. The molecule has 1 rings (SSSR count). The fourth-order valence-corrected chi connectivity index (χ4v) is 1.33. The molecule has 3 N–H and O–H groups in total. The van der Waals surface area contributed by atoms with Crippen LogP contribution < -0.4 is 20.1 Å². The van der Waals surface area contributed by atoms with E-state index in [0.717, 1.165) is 0 Å². The highest BCUT2D eigenvalue weighted by molar-refractivity contribution is 5.89. The Morgan fingerprint density at radius 1 is 1.33 bits per heavy atom. The summed E-state index contributed by atoms with van der Waals surface area (Å²) in [4.78, 5) is 11.5. The van der Waals surface area contributed by atoms with E-state index in [-0.39, 0.29) is 12.6 Å². The third kappa shape index (κ3) is 4.14. The quantitative estimate of drug-likeness (QED) is 0.737. The van der Waals surface area contributed by atoms with Crippen LogP contribution in [0.2, 0.25) is 0 Å². The number of amides is 2. The molecular formula is C12H18N2O4. The van der Waals surface area contributed by atoms with E-state index in [1.54, 1.807) is 32.2 Å². The maximum absolute atomic E-state index is 11.5. The number of anilines is 1. The summed E-state index contributed by atoms with van der Waals surface area (Å²) in [6.45, 7) is 1.79. The molecule has 100 valence electrons. The molecule has 0 radical (unpaired) electrons. The van der Waals surface area contributed by atoms with Gasteiger partial charge in [0.2, 0.25) is 0 Å². The van der Waals surface area contributed by atoms with Gasteiger partial charge in [0, 0.05) is 18.3 Å². The Balaban J connectivity index is 2.64. The van der Waals surface area contributed by atoms with E-state index in [9.17, 15) is 4.79 Å². The Labute approximate surface area is 106 Å². The number of benzene rings is 1. The minimum atomic E-state index is -0.582. The molecule has 1 aromatic carbocycles. The molecule has 2 amide bonds. The lowest BCUT2D eigenvalue weighted by molar-refractivity contribution is 0.190. The molecule has 0 saturated carbocycles. The van der Waals surface area contributed by atoms with E-state index >= 15 is 0 Å². The van der Waals surface area contributed by atoms with Crippen LogP contribution in [0, 0.1) is 0 Å². The molecule has 0 heterocycles.